The predicted octanol–water partition coefficient (Wildman–Crippen LogP) is 4.40. The predicted molar refractivity (Wildman–Crippen MR) is 130 cm³/mol. The van der Waals surface area contributed by atoms with Crippen LogP contribution < -0.4 is 5.32 Å². The van der Waals surface area contributed by atoms with Gasteiger partial charge >= 0.3 is 0 Å². The Morgan fingerprint density at radius 2 is 1.65 bits per heavy atom. The lowest BCUT2D eigenvalue weighted by atomic mass is 9.50. The van der Waals surface area contributed by atoms with Crippen LogP contribution in [-0.2, 0) is 16.6 Å². The lowest BCUT2D eigenvalue weighted by molar-refractivity contribution is -0.115. The highest BCUT2D eigenvalue weighted by Crippen LogP contribution is 2.61. The first kappa shape index (κ1) is 21.8. The Labute approximate surface area is 203 Å². The third-order valence-electron chi connectivity index (χ3n) is 8.10. The second-order valence-corrected chi connectivity index (χ2v) is 11.8. The highest BCUT2D eigenvalue weighted by Gasteiger charge is 2.53. The van der Waals surface area contributed by atoms with Crippen LogP contribution in [0.5, 0.6) is 0 Å². The van der Waals surface area contributed by atoms with Crippen LogP contribution in [-0.4, -0.2) is 35.9 Å². The summed E-state index contributed by atoms with van der Waals surface area (Å²) in [7, 11) is 0. The quantitative estimate of drug-likeness (QED) is 0.585. The topological polar surface area (TPSA) is 98.5 Å². The van der Waals surface area contributed by atoms with Gasteiger partial charge in [-0.1, -0.05) is 11.3 Å². The standard InChI is InChI=1S/C25H31N7OS/c1-13-5-14(2)27-23(26-13)32-16(4)20(15(3)31-32)9-21(33)28-24-30-29-22(34-24)25-10-17-6-18(11-25)8-19(7-17)12-25/h5,17-19H,6-12H2,1-4H3,(H,28,30,33). The fourth-order valence-corrected chi connectivity index (χ4v) is 8.09. The van der Waals surface area contributed by atoms with E-state index in [0.717, 1.165) is 51.1 Å². The minimum absolute atomic E-state index is 0.0969. The average molecular weight is 478 g/mol. The van der Waals surface area contributed by atoms with Gasteiger partial charge in [0.25, 0.3) is 5.95 Å². The van der Waals surface area contributed by atoms with Gasteiger partial charge in [-0.15, -0.1) is 10.2 Å². The lowest BCUT2D eigenvalue weighted by Crippen LogP contribution is -2.48. The van der Waals surface area contributed by atoms with Gasteiger partial charge < -0.3 is 5.32 Å². The van der Waals surface area contributed by atoms with Gasteiger partial charge in [0.05, 0.1) is 12.1 Å². The maximum atomic E-state index is 13.0. The first-order valence-corrected chi connectivity index (χ1v) is 13.1. The van der Waals surface area contributed by atoms with E-state index in [1.54, 1.807) is 16.0 Å². The molecule has 0 radical (unpaired) electrons. The zero-order chi connectivity index (χ0) is 23.6. The molecule has 9 heteroatoms. The van der Waals surface area contributed by atoms with E-state index in [4.69, 9.17) is 0 Å². The fourth-order valence-electron chi connectivity index (χ4n) is 7.11. The summed E-state index contributed by atoms with van der Waals surface area (Å²) >= 11 is 1.58. The summed E-state index contributed by atoms with van der Waals surface area (Å²) in [6, 6.07) is 1.93. The Bertz CT molecular complexity index is 1220. The maximum absolute atomic E-state index is 13.0. The molecule has 34 heavy (non-hydrogen) atoms. The monoisotopic (exact) mass is 477 g/mol. The van der Waals surface area contributed by atoms with Crippen LogP contribution >= 0.6 is 11.3 Å². The molecule has 3 aromatic rings. The largest absolute Gasteiger partial charge is 0.300 e. The molecule has 1 amide bonds. The third-order valence-corrected chi connectivity index (χ3v) is 9.19. The molecule has 4 aliphatic rings. The molecule has 178 valence electrons. The van der Waals surface area contributed by atoms with E-state index in [0.29, 0.717) is 11.1 Å². The first-order valence-electron chi connectivity index (χ1n) is 12.3. The SMILES string of the molecule is Cc1cc(C)nc(-n2nc(C)c(CC(=O)Nc3nnc(C45CC6CC(CC(C6)C4)C5)s3)c2C)n1. The molecule has 7 rings (SSSR count). The Kier molecular flexibility index (Phi) is 5.09. The number of carbonyl (C=O) groups excluding carboxylic acids is 1. The molecule has 0 spiro atoms. The van der Waals surface area contributed by atoms with Gasteiger partial charge in [-0.3, -0.25) is 4.79 Å². The van der Waals surface area contributed by atoms with Crippen molar-refractivity contribution in [2.45, 2.75) is 78.1 Å². The van der Waals surface area contributed by atoms with Crippen molar-refractivity contribution in [1.82, 2.24) is 29.9 Å². The smallest absolute Gasteiger partial charge is 0.251 e. The zero-order valence-corrected chi connectivity index (χ0v) is 21.1. The second-order valence-electron chi connectivity index (χ2n) is 10.8. The fraction of sp³-hybridized carbons (Fsp3) is 0.600. The molecule has 1 N–H and O–H groups in total. The lowest BCUT2D eigenvalue weighted by Gasteiger charge is -2.55. The van der Waals surface area contributed by atoms with Crippen molar-refractivity contribution in [3.05, 3.63) is 39.4 Å². The molecular formula is C25H31N7OS. The molecule has 4 aliphatic carbocycles. The number of amides is 1. The molecule has 8 nitrogen and oxygen atoms in total. The molecular weight excluding hydrogens is 446 g/mol. The van der Waals surface area contributed by atoms with Gasteiger partial charge in [0.2, 0.25) is 11.0 Å². The van der Waals surface area contributed by atoms with Crippen molar-refractivity contribution < 1.29 is 4.79 Å². The zero-order valence-electron chi connectivity index (χ0n) is 20.3. The van der Waals surface area contributed by atoms with Gasteiger partial charge in [0.1, 0.15) is 5.01 Å². The number of hydrogen-bond donors (Lipinski definition) is 1. The van der Waals surface area contributed by atoms with Gasteiger partial charge in [0.15, 0.2) is 0 Å². The molecule has 4 saturated carbocycles. The highest BCUT2D eigenvalue weighted by atomic mass is 32.1. The van der Waals surface area contributed by atoms with Crippen LogP contribution in [0.2, 0.25) is 0 Å². The van der Waals surface area contributed by atoms with Gasteiger partial charge in [0, 0.05) is 28.1 Å². The molecule has 4 fully saturated rings. The van der Waals surface area contributed by atoms with Crippen molar-refractivity contribution in [1.29, 1.82) is 0 Å². The Morgan fingerprint density at radius 1 is 1.03 bits per heavy atom. The number of aromatic nitrogens is 6. The summed E-state index contributed by atoms with van der Waals surface area (Å²) < 4.78 is 1.73. The van der Waals surface area contributed by atoms with Crippen molar-refractivity contribution >= 4 is 22.4 Å². The highest BCUT2D eigenvalue weighted by molar-refractivity contribution is 7.15. The van der Waals surface area contributed by atoms with Gasteiger partial charge in [-0.25, -0.2) is 14.6 Å². The van der Waals surface area contributed by atoms with E-state index < -0.39 is 0 Å². The van der Waals surface area contributed by atoms with Crippen molar-refractivity contribution in [2.24, 2.45) is 17.8 Å². The Morgan fingerprint density at radius 3 is 2.26 bits per heavy atom. The normalized spacial score (nSPS) is 27.4. The van der Waals surface area contributed by atoms with E-state index >= 15 is 0 Å². The average Bonchev–Trinajstić information content (AvgIpc) is 3.33. The van der Waals surface area contributed by atoms with Crippen LogP contribution in [0.3, 0.4) is 0 Å². The number of carbonyl (C=O) groups is 1. The molecule has 0 aliphatic heterocycles. The number of hydrogen-bond acceptors (Lipinski definition) is 7. The van der Waals surface area contributed by atoms with Crippen molar-refractivity contribution in [3.63, 3.8) is 0 Å². The molecule has 0 saturated heterocycles. The first-order chi connectivity index (χ1) is 16.3. The Balaban J connectivity index is 1.18. The van der Waals surface area contributed by atoms with E-state index in [-0.39, 0.29) is 17.7 Å². The summed E-state index contributed by atoms with van der Waals surface area (Å²) in [5.41, 5.74) is 4.56. The van der Waals surface area contributed by atoms with Crippen LogP contribution in [0.15, 0.2) is 6.07 Å². The van der Waals surface area contributed by atoms with Crippen LogP contribution in [0.4, 0.5) is 5.13 Å². The Hall–Kier alpha value is -2.68. The van der Waals surface area contributed by atoms with Crippen molar-refractivity contribution in [2.75, 3.05) is 5.32 Å². The minimum Gasteiger partial charge on any atom is -0.300 e. The number of aryl methyl sites for hydroxylation is 3. The molecule has 0 unspecified atom stereocenters. The number of rotatable bonds is 5. The van der Waals surface area contributed by atoms with Crippen LogP contribution in [0.25, 0.3) is 5.95 Å². The third kappa shape index (κ3) is 3.74. The van der Waals surface area contributed by atoms with Crippen LogP contribution in [0, 0.1) is 45.4 Å². The minimum atomic E-state index is -0.0969. The van der Waals surface area contributed by atoms with Crippen molar-refractivity contribution in [3.8, 4) is 5.95 Å². The molecule has 3 heterocycles. The molecule has 0 atom stereocenters. The number of anilines is 1. The number of nitrogens with zero attached hydrogens (tertiary/aromatic N) is 6. The summed E-state index contributed by atoms with van der Waals surface area (Å²) in [5.74, 6) is 3.01. The maximum Gasteiger partial charge on any atom is 0.251 e. The van der Waals surface area contributed by atoms with E-state index in [2.05, 4.69) is 30.6 Å². The molecule has 3 aromatic heterocycles. The summed E-state index contributed by atoms with van der Waals surface area (Å²) in [4.78, 5) is 22.0. The van der Waals surface area contributed by atoms with E-state index in [1.165, 1.54) is 38.5 Å². The van der Waals surface area contributed by atoms with Crippen LogP contribution in [0.1, 0.15) is 71.9 Å². The molecule has 0 aromatic carbocycles. The van der Waals surface area contributed by atoms with Gasteiger partial charge in [-0.2, -0.15) is 5.10 Å². The number of nitrogens with one attached hydrogen (secondary N) is 1. The second kappa shape index (κ2) is 7.93. The van der Waals surface area contributed by atoms with Gasteiger partial charge in [-0.05, 0) is 90.0 Å². The van der Waals surface area contributed by atoms with E-state index in [9.17, 15) is 4.79 Å². The summed E-state index contributed by atoms with van der Waals surface area (Å²) in [6.45, 7) is 7.76. The summed E-state index contributed by atoms with van der Waals surface area (Å²) in [5, 5.41) is 18.3. The van der Waals surface area contributed by atoms with E-state index in [1.807, 2.05) is 33.8 Å². The summed E-state index contributed by atoms with van der Waals surface area (Å²) in [6.07, 6.45) is 8.19. The molecule has 4 bridgehead atoms.